The summed E-state index contributed by atoms with van der Waals surface area (Å²) in [4.78, 5) is 14.6. The number of para-hydroxylation sites is 1. The van der Waals surface area contributed by atoms with Crippen LogP contribution in [0.2, 0.25) is 0 Å². The predicted molar refractivity (Wildman–Crippen MR) is 95.1 cm³/mol. The molecule has 24 heavy (non-hydrogen) atoms. The summed E-state index contributed by atoms with van der Waals surface area (Å²) in [7, 11) is 1.60. The smallest absolute Gasteiger partial charge is 0.264 e. The van der Waals surface area contributed by atoms with E-state index in [9.17, 15) is 4.79 Å². The van der Waals surface area contributed by atoms with Crippen LogP contribution in [0.25, 0.3) is 0 Å². The first-order valence-electron chi connectivity index (χ1n) is 8.26. The summed E-state index contributed by atoms with van der Waals surface area (Å²) in [6.07, 6.45) is 2.00. The van der Waals surface area contributed by atoms with Crippen LogP contribution in [0.3, 0.4) is 0 Å². The van der Waals surface area contributed by atoms with E-state index in [1.54, 1.807) is 7.11 Å². The van der Waals surface area contributed by atoms with E-state index >= 15 is 0 Å². The maximum absolute atomic E-state index is 12.7. The van der Waals surface area contributed by atoms with E-state index in [2.05, 4.69) is 12.1 Å². The summed E-state index contributed by atoms with van der Waals surface area (Å²) >= 11 is 0. The Hall–Kier alpha value is -2.49. The van der Waals surface area contributed by atoms with Crippen LogP contribution in [-0.2, 0) is 11.2 Å². The molecule has 0 unspecified atom stereocenters. The Kier molecular flexibility index (Phi) is 4.74. The monoisotopic (exact) mass is 325 g/mol. The normalized spacial score (nSPS) is 13.4. The van der Waals surface area contributed by atoms with Crippen molar-refractivity contribution in [3.05, 3.63) is 53.1 Å². The number of fused-ring (bicyclic) bond motifs is 1. The van der Waals surface area contributed by atoms with Gasteiger partial charge in [0.05, 0.1) is 7.11 Å². The molecule has 126 valence electrons. The zero-order valence-corrected chi connectivity index (χ0v) is 14.5. The van der Waals surface area contributed by atoms with Crippen molar-refractivity contribution in [2.45, 2.75) is 26.7 Å². The lowest BCUT2D eigenvalue weighted by Crippen LogP contribution is -2.39. The molecule has 1 heterocycles. The van der Waals surface area contributed by atoms with Crippen LogP contribution in [0.4, 0.5) is 5.69 Å². The van der Waals surface area contributed by atoms with Crippen LogP contribution < -0.4 is 14.4 Å². The molecule has 0 aliphatic carbocycles. The molecule has 1 aliphatic heterocycles. The van der Waals surface area contributed by atoms with E-state index in [0.717, 1.165) is 36.2 Å². The number of benzene rings is 2. The van der Waals surface area contributed by atoms with Crippen molar-refractivity contribution in [2.75, 3.05) is 25.2 Å². The van der Waals surface area contributed by atoms with E-state index in [1.807, 2.05) is 43.0 Å². The van der Waals surface area contributed by atoms with Gasteiger partial charge in [0.25, 0.3) is 5.91 Å². The standard InChI is InChI=1S/C20H23NO3/c1-14-9-10-17(18(12-14)23-3)24-13-19(22)21-11-5-8-16-7-4-6-15(2)20(16)21/h4,6-7,9-10,12H,5,8,11,13H2,1-3H3. The Bertz CT molecular complexity index is 755. The first-order valence-corrected chi connectivity index (χ1v) is 8.26. The minimum absolute atomic E-state index is 0.00714. The fourth-order valence-corrected chi connectivity index (χ4v) is 3.21. The van der Waals surface area contributed by atoms with E-state index in [4.69, 9.17) is 9.47 Å². The van der Waals surface area contributed by atoms with Crippen LogP contribution >= 0.6 is 0 Å². The van der Waals surface area contributed by atoms with Gasteiger partial charge in [0, 0.05) is 12.2 Å². The highest BCUT2D eigenvalue weighted by Gasteiger charge is 2.24. The maximum Gasteiger partial charge on any atom is 0.264 e. The van der Waals surface area contributed by atoms with Crippen molar-refractivity contribution in [3.63, 3.8) is 0 Å². The fraction of sp³-hybridized carbons (Fsp3) is 0.350. The molecule has 4 nitrogen and oxygen atoms in total. The highest BCUT2D eigenvalue weighted by atomic mass is 16.5. The maximum atomic E-state index is 12.7. The molecular weight excluding hydrogens is 302 g/mol. The summed E-state index contributed by atoms with van der Waals surface area (Å²) in [6, 6.07) is 11.9. The highest BCUT2D eigenvalue weighted by Crippen LogP contribution is 2.31. The van der Waals surface area contributed by atoms with Gasteiger partial charge < -0.3 is 14.4 Å². The molecule has 0 N–H and O–H groups in total. The Morgan fingerprint density at radius 2 is 2.00 bits per heavy atom. The molecule has 0 saturated heterocycles. The lowest BCUT2D eigenvalue weighted by atomic mass is 9.98. The number of carbonyl (C=O) groups is 1. The van der Waals surface area contributed by atoms with Gasteiger partial charge in [-0.2, -0.15) is 0 Å². The topological polar surface area (TPSA) is 38.8 Å². The Morgan fingerprint density at radius 1 is 1.17 bits per heavy atom. The molecule has 1 aliphatic rings. The van der Waals surface area contributed by atoms with Crippen LogP contribution in [0.15, 0.2) is 36.4 Å². The molecule has 2 aromatic rings. The molecule has 2 aromatic carbocycles. The first kappa shape index (κ1) is 16.4. The molecular formula is C20H23NO3. The number of methoxy groups -OCH3 is 1. The van der Waals surface area contributed by atoms with Crippen molar-refractivity contribution < 1.29 is 14.3 Å². The van der Waals surface area contributed by atoms with Crippen molar-refractivity contribution in [1.29, 1.82) is 0 Å². The van der Waals surface area contributed by atoms with E-state index in [1.165, 1.54) is 5.56 Å². The van der Waals surface area contributed by atoms with Crippen LogP contribution in [-0.4, -0.2) is 26.2 Å². The molecule has 0 spiro atoms. The third-order valence-corrected chi connectivity index (χ3v) is 4.39. The van der Waals surface area contributed by atoms with Crippen LogP contribution in [0, 0.1) is 13.8 Å². The second-order valence-electron chi connectivity index (χ2n) is 6.17. The minimum Gasteiger partial charge on any atom is -0.493 e. The van der Waals surface area contributed by atoms with E-state index < -0.39 is 0 Å². The molecule has 3 rings (SSSR count). The van der Waals surface area contributed by atoms with Gasteiger partial charge in [-0.05, 0) is 55.5 Å². The Balaban J connectivity index is 1.76. The average Bonchev–Trinajstić information content (AvgIpc) is 2.60. The Labute approximate surface area is 143 Å². The number of hydrogen-bond acceptors (Lipinski definition) is 3. The van der Waals surface area contributed by atoms with Crippen LogP contribution in [0.1, 0.15) is 23.1 Å². The molecule has 0 bridgehead atoms. The molecule has 4 heteroatoms. The van der Waals surface area contributed by atoms with Crippen molar-refractivity contribution in [2.24, 2.45) is 0 Å². The third kappa shape index (κ3) is 3.23. The number of nitrogens with zero attached hydrogens (tertiary/aromatic N) is 1. The number of carbonyl (C=O) groups excluding carboxylic acids is 1. The van der Waals surface area contributed by atoms with Crippen molar-refractivity contribution >= 4 is 11.6 Å². The third-order valence-electron chi connectivity index (χ3n) is 4.39. The lowest BCUT2D eigenvalue weighted by Gasteiger charge is -2.31. The largest absolute Gasteiger partial charge is 0.493 e. The second kappa shape index (κ2) is 6.95. The summed E-state index contributed by atoms with van der Waals surface area (Å²) < 4.78 is 11.1. The summed E-state index contributed by atoms with van der Waals surface area (Å²) in [5.41, 5.74) is 4.51. The van der Waals surface area contributed by atoms with E-state index in [-0.39, 0.29) is 12.5 Å². The molecule has 0 atom stereocenters. The number of hydrogen-bond donors (Lipinski definition) is 0. The number of rotatable bonds is 4. The predicted octanol–water partition coefficient (Wildman–Crippen LogP) is 3.67. The lowest BCUT2D eigenvalue weighted by molar-refractivity contribution is -0.120. The Morgan fingerprint density at radius 3 is 2.79 bits per heavy atom. The number of amides is 1. The van der Waals surface area contributed by atoms with Gasteiger partial charge in [0.2, 0.25) is 0 Å². The second-order valence-corrected chi connectivity index (χ2v) is 6.17. The average molecular weight is 325 g/mol. The summed E-state index contributed by atoms with van der Waals surface area (Å²) in [6.45, 7) is 4.79. The van der Waals surface area contributed by atoms with Gasteiger partial charge in [-0.3, -0.25) is 4.79 Å². The zero-order chi connectivity index (χ0) is 17.1. The molecule has 0 aromatic heterocycles. The number of ether oxygens (including phenoxy) is 2. The van der Waals surface area contributed by atoms with Gasteiger partial charge in [-0.25, -0.2) is 0 Å². The van der Waals surface area contributed by atoms with E-state index in [0.29, 0.717) is 11.5 Å². The molecule has 1 amide bonds. The zero-order valence-electron chi connectivity index (χ0n) is 14.5. The van der Waals surface area contributed by atoms with Crippen LogP contribution in [0.5, 0.6) is 11.5 Å². The van der Waals surface area contributed by atoms with Gasteiger partial charge in [0.1, 0.15) is 0 Å². The van der Waals surface area contributed by atoms with Crippen molar-refractivity contribution in [3.8, 4) is 11.5 Å². The van der Waals surface area contributed by atoms with Gasteiger partial charge in [-0.15, -0.1) is 0 Å². The van der Waals surface area contributed by atoms with Crippen molar-refractivity contribution in [1.82, 2.24) is 0 Å². The summed E-state index contributed by atoms with van der Waals surface area (Å²) in [5, 5.41) is 0. The minimum atomic E-state index is -0.0205. The quantitative estimate of drug-likeness (QED) is 0.861. The number of anilines is 1. The fourth-order valence-electron chi connectivity index (χ4n) is 3.21. The summed E-state index contributed by atoms with van der Waals surface area (Å²) in [5.74, 6) is 1.23. The van der Waals surface area contributed by atoms with Gasteiger partial charge in [0.15, 0.2) is 18.1 Å². The molecule has 0 saturated carbocycles. The highest BCUT2D eigenvalue weighted by molar-refractivity contribution is 5.96. The first-order chi connectivity index (χ1) is 11.6. The number of aryl methyl sites for hydroxylation is 3. The SMILES string of the molecule is COc1cc(C)ccc1OCC(=O)N1CCCc2cccc(C)c21. The van der Waals surface area contributed by atoms with Gasteiger partial charge in [-0.1, -0.05) is 24.3 Å². The van der Waals surface area contributed by atoms with Gasteiger partial charge >= 0.3 is 0 Å². The molecule has 0 fully saturated rings. The molecule has 0 radical (unpaired) electrons.